The molecule has 0 radical (unpaired) electrons. The van der Waals surface area contributed by atoms with Gasteiger partial charge in [-0.2, -0.15) is 0 Å². The van der Waals surface area contributed by atoms with Gasteiger partial charge >= 0.3 is 0 Å². The SMILES string of the molecule is COCc1c(C(=O)Nc2ccc(C)cc2F)oc2ccccc12. The maximum Gasteiger partial charge on any atom is 0.291 e. The molecule has 0 fully saturated rings. The summed E-state index contributed by atoms with van der Waals surface area (Å²) in [6, 6.07) is 11.9. The maximum absolute atomic E-state index is 13.9. The number of ether oxygens (including phenoxy) is 1. The number of methoxy groups -OCH3 is 1. The lowest BCUT2D eigenvalue weighted by Crippen LogP contribution is -2.14. The smallest absolute Gasteiger partial charge is 0.291 e. The van der Waals surface area contributed by atoms with E-state index in [2.05, 4.69) is 5.32 Å². The summed E-state index contributed by atoms with van der Waals surface area (Å²) in [5.41, 5.74) is 2.14. The predicted octanol–water partition coefficient (Wildman–Crippen LogP) is 4.28. The third-order valence-corrected chi connectivity index (χ3v) is 3.57. The molecule has 1 heterocycles. The number of furan rings is 1. The van der Waals surface area contributed by atoms with Crippen molar-refractivity contribution >= 4 is 22.6 Å². The molecule has 3 aromatic rings. The molecule has 0 aliphatic heterocycles. The summed E-state index contributed by atoms with van der Waals surface area (Å²) in [6.07, 6.45) is 0. The van der Waals surface area contributed by atoms with E-state index < -0.39 is 11.7 Å². The van der Waals surface area contributed by atoms with Crippen molar-refractivity contribution in [3.8, 4) is 0 Å². The molecular weight excluding hydrogens is 297 g/mol. The van der Waals surface area contributed by atoms with Crippen LogP contribution in [0.3, 0.4) is 0 Å². The van der Waals surface area contributed by atoms with Gasteiger partial charge in [-0.3, -0.25) is 4.79 Å². The highest BCUT2D eigenvalue weighted by Gasteiger charge is 2.21. The van der Waals surface area contributed by atoms with E-state index in [1.807, 2.05) is 18.2 Å². The first-order valence-electron chi connectivity index (χ1n) is 7.17. The van der Waals surface area contributed by atoms with Crippen LogP contribution in [0.25, 0.3) is 11.0 Å². The van der Waals surface area contributed by atoms with Gasteiger partial charge in [0.15, 0.2) is 5.76 Å². The molecule has 1 N–H and O–H groups in total. The number of rotatable bonds is 4. The van der Waals surface area contributed by atoms with Crippen LogP contribution in [0.4, 0.5) is 10.1 Å². The lowest BCUT2D eigenvalue weighted by Gasteiger charge is -2.07. The lowest BCUT2D eigenvalue weighted by atomic mass is 10.1. The van der Waals surface area contributed by atoms with Gasteiger partial charge in [0.05, 0.1) is 12.3 Å². The Morgan fingerprint density at radius 3 is 2.78 bits per heavy atom. The largest absolute Gasteiger partial charge is 0.451 e. The van der Waals surface area contributed by atoms with Gasteiger partial charge in [0.2, 0.25) is 0 Å². The number of para-hydroxylation sites is 1. The van der Waals surface area contributed by atoms with Crippen LogP contribution in [0.2, 0.25) is 0 Å². The van der Waals surface area contributed by atoms with Gasteiger partial charge in [0, 0.05) is 18.1 Å². The van der Waals surface area contributed by atoms with Gasteiger partial charge in [-0.15, -0.1) is 0 Å². The fourth-order valence-electron chi connectivity index (χ4n) is 2.47. The van der Waals surface area contributed by atoms with E-state index in [0.29, 0.717) is 11.1 Å². The zero-order chi connectivity index (χ0) is 16.4. The van der Waals surface area contributed by atoms with Crippen molar-refractivity contribution in [3.63, 3.8) is 0 Å². The second-order valence-corrected chi connectivity index (χ2v) is 5.28. The van der Waals surface area contributed by atoms with Crippen molar-refractivity contribution in [2.75, 3.05) is 12.4 Å². The van der Waals surface area contributed by atoms with Crippen molar-refractivity contribution in [1.29, 1.82) is 0 Å². The Kier molecular flexibility index (Phi) is 4.12. The van der Waals surface area contributed by atoms with E-state index in [1.165, 1.54) is 12.1 Å². The van der Waals surface area contributed by atoms with Gasteiger partial charge < -0.3 is 14.5 Å². The average Bonchev–Trinajstić information content (AvgIpc) is 2.90. The molecule has 0 bridgehead atoms. The fourth-order valence-corrected chi connectivity index (χ4v) is 2.47. The molecular formula is C18H16FNO3. The molecule has 2 aromatic carbocycles. The molecule has 0 atom stereocenters. The Morgan fingerprint density at radius 1 is 1.26 bits per heavy atom. The number of carbonyl (C=O) groups is 1. The van der Waals surface area contributed by atoms with Crippen molar-refractivity contribution in [2.24, 2.45) is 0 Å². The first kappa shape index (κ1) is 15.2. The van der Waals surface area contributed by atoms with Crippen molar-refractivity contribution in [1.82, 2.24) is 0 Å². The molecule has 1 amide bonds. The first-order chi connectivity index (χ1) is 11.1. The average molecular weight is 313 g/mol. The quantitative estimate of drug-likeness (QED) is 0.782. The Morgan fingerprint density at radius 2 is 2.04 bits per heavy atom. The first-order valence-corrected chi connectivity index (χ1v) is 7.17. The number of fused-ring (bicyclic) bond motifs is 1. The third kappa shape index (κ3) is 2.96. The highest BCUT2D eigenvalue weighted by molar-refractivity contribution is 6.06. The number of benzene rings is 2. The van der Waals surface area contributed by atoms with Crippen molar-refractivity contribution in [3.05, 3.63) is 65.2 Å². The summed E-state index contributed by atoms with van der Waals surface area (Å²) in [5, 5.41) is 3.36. The Balaban J connectivity index is 1.98. The zero-order valence-electron chi connectivity index (χ0n) is 12.9. The normalized spacial score (nSPS) is 10.9. The Bertz CT molecular complexity index is 870. The molecule has 4 nitrogen and oxygen atoms in total. The maximum atomic E-state index is 13.9. The minimum absolute atomic E-state index is 0.115. The van der Waals surface area contributed by atoms with Crippen LogP contribution in [0.5, 0.6) is 0 Å². The van der Waals surface area contributed by atoms with Crippen LogP contribution in [0.1, 0.15) is 21.7 Å². The number of carbonyl (C=O) groups excluding carboxylic acids is 1. The van der Waals surface area contributed by atoms with E-state index in [0.717, 1.165) is 10.9 Å². The molecule has 0 saturated carbocycles. The molecule has 0 unspecified atom stereocenters. The van der Waals surface area contributed by atoms with Crippen LogP contribution < -0.4 is 5.32 Å². The van der Waals surface area contributed by atoms with Gasteiger partial charge in [0.1, 0.15) is 11.4 Å². The molecule has 0 spiro atoms. The number of hydrogen-bond acceptors (Lipinski definition) is 3. The highest BCUT2D eigenvalue weighted by atomic mass is 19.1. The van der Waals surface area contributed by atoms with E-state index in [1.54, 1.807) is 26.2 Å². The van der Waals surface area contributed by atoms with Gasteiger partial charge in [-0.05, 0) is 30.7 Å². The monoisotopic (exact) mass is 313 g/mol. The molecule has 0 aliphatic carbocycles. The van der Waals surface area contributed by atoms with E-state index >= 15 is 0 Å². The summed E-state index contributed by atoms with van der Waals surface area (Å²) < 4.78 is 24.7. The van der Waals surface area contributed by atoms with Crippen LogP contribution in [0.15, 0.2) is 46.9 Å². The van der Waals surface area contributed by atoms with E-state index in [-0.39, 0.29) is 18.1 Å². The molecule has 0 aliphatic rings. The topological polar surface area (TPSA) is 51.5 Å². The summed E-state index contributed by atoms with van der Waals surface area (Å²) in [6.45, 7) is 2.01. The van der Waals surface area contributed by atoms with Crippen LogP contribution in [-0.2, 0) is 11.3 Å². The Hall–Kier alpha value is -2.66. The highest BCUT2D eigenvalue weighted by Crippen LogP contribution is 2.27. The number of halogens is 1. The number of amides is 1. The molecule has 1 aromatic heterocycles. The van der Waals surface area contributed by atoms with E-state index in [9.17, 15) is 9.18 Å². The van der Waals surface area contributed by atoms with E-state index in [4.69, 9.17) is 9.15 Å². The van der Waals surface area contributed by atoms with Crippen LogP contribution in [-0.4, -0.2) is 13.0 Å². The van der Waals surface area contributed by atoms with Gasteiger partial charge in [-0.25, -0.2) is 4.39 Å². The van der Waals surface area contributed by atoms with Crippen molar-refractivity contribution in [2.45, 2.75) is 13.5 Å². The summed E-state index contributed by atoms with van der Waals surface area (Å²) in [7, 11) is 1.54. The summed E-state index contributed by atoms with van der Waals surface area (Å²) in [5.74, 6) is -0.855. The zero-order valence-corrected chi connectivity index (χ0v) is 12.9. The number of aryl methyl sites for hydroxylation is 1. The third-order valence-electron chi connectivity index (χ3n) is 3.57. The minimum atomic E-state index is -0.504. The minimum Gasteiger partial charge on any atom is -0.451 e. The summed E-state index contributed by atoms with van der Waals surface area (Å²) >= 11 is 0. The number of hydrogen-bond donors (Lipinski definition) is 1. The molecule has 3 rings (SSSR count). The lowest BCUT2D eigenvalue weighted by molar-refractivity contribution is 0.0991. The predicted molar refractivity (Wildman–Crippen MR) is 86.0 cm³/mol. The summed E-state index contributed by atoms with van der Waals surface area (Å²) in [4.78, 5) is 12.5. The van der Waals surface area contributed by atoms with Crippen LogP contribution >= 0.6 is 0 Å². The van der Waals surface area contributed by atoms with Gasteiger partial charge in [-0.1, -0.05) is 24.3 Å². The second kappa shape index (κ2) is 6.22. The second-order valence-electron chi connectivity index (χ2n) is 5.28. The Labute approximate surface area is 132 Å². The molecule has 5 heteroatoms. The molecule has 23 heavy (non-hydrogen) atoms. The number of nitrogens with one attached hydrogen (secondary N) is 1. The fraction of sp³-hybridized carbons (Fsp3) is 0.167. The number of anilines is 1. The standard InChI is InChI=1S/C18H16FNO3/c1-11-7-8-15(14(19)9-11)20-18(21)17-13(10-22-2)12-5-3-4-6-16(12)23-17/h3-9H,10H2,1-2H3,(H,20,21). The van der Waals surface area contributed by atoms with Crippen molar-refractivity contribution < 1.29 is 18.3 Å². The van der Waals surface area contributed by atoms with Crippen LogP contribution in [0, 0.1) is 12.7 Å². The molecule has 118 valence electrons. The molecule has 0 saturated heterocycles. The van der Waals surface area contributed by atoms with Gasteiger partial charge in [0.25, 0.3) is 5.91 Å².